The summed E-state index contributed by atoms with van der Waals surface area (Å²) in [5, 5.41) is 4.83. The van der Waals surface area contributed by atoms with Gasteiger partial charge in [-0.15, -0.1) is 0 Å². The standard InChI is InChI=1S/C26H32N2S2/c1-5-16-27-22-12-8-10-14-24(22)29-20(4)18-21(7-3)19-26-28(17-6-2)23-13-9-11-15-25(23)30-26/h8-15,18-19,27H,4-7,16-17H2,1-3H3. The van der Waals surface area contributed by atoms with Crippen LogP contribution >= 0.6 is 23.5 Å². The van der Waals surface area contributed by atoms with Crippen molar-refractivity contribution < 1.29 is 0 Å². The van der Waals surface area contributed by atoms with Crippen molar-refractivity contribution in [1.29, 1.82) is 0 Å². The number of nitrogens with one attached hydrogen (secondary N) is 1. The smallest absolute Gasteiger partial charge is 0.0804 e. The first kappa shape index (κ1) is 22.6. The number of rotatable bonds is 10. The largest absolute Gasteiger partial charge is 0.384 e. The van der Waals surface area contributed by atoms with Crippen LogP contribution in [0.25, 0.3) is 0 Å². The normalized spacial score (nSPS) is 14.8. The number of para-hydroxylation sites is 2. The SMILES string of the molecule is C=C(C=C(C=C1Sc2ccccc2N1CCC)CC)Sc1ccccc1NCCC. The summed E-state index contributed by atoms with van der Waals surface area (Å²) in [5.41, 5.74) is 3.82. The maximum atomic E-state index is 4.34. The van der Waals surface area contributed by atoms with Crippen LogP contribution in [-0.4, -0.2) is 13.1 Å². The Balaban J connectivity index is 1.78. The zero-order chi connectivity index (χ0) is 21.3. The van der Waals surface area contributed by atoms with E-state index in [-0.39, 0.29) is 0 Å². The fraction of sp³-hybridized carbons (Fsp3) is 0.308. The molecule has 0 atom stereocenters. The van der Waals surface area contributed by atoms with Gasteiger partial charge in [0.2, 0.25) is 0 Å². The number of allylic oxidation sites excluding steroid dienone is 3. The quantitative estimate of drug-likeness (QED) is 0.297. The molecule has 3 rings (SSSR count). The summed E-state index contributed by atoms with van der Waals surface area (Å²) in [5.74, 6) is 0. The van der Waals surface area contributed by atoms with Crippen LogP contribution in [0.2, 0.25) is 0 Å². The summed E-state index contributed by atoms with van der Waals surface area (Å²) < 4.78 is 0. The van der Waals surface area contributed by atoms with Crippen LogP contribution in [0.4, 0.5) is 11.4 Å². The van der Waals surface area contributed by atoms with Crippen LogP contribution < -0.4 is 10.2 Å². The number of hydrogen-bond donors (Lipinski definition) is 1. The Labute approximate surface area is 190 Å². The first-order chi connectivity index (χ1) is 14.7. The Bertz CT molecular complexity index is 930. The molecule has 4 heteroatoms. The van der Waals surface area contributed by atoms with Crippen LogP contribution in [-0.2, 0) is 0 Å². The molecule has 1 aliphatic rings. The van der Waals surface area contributed by atoms with Gasteiger partial charge in [0, 0.05) is 33.5 Å². The molecule has 0 amide bonds. The van der Waals surface area contributed by atoms with E-state index in [9.17, 15) is 0 Å². The Morgan fingerprint density at radius 3 is 2.60 bits per heavy atom. The van der Waals surface area contributed by atoms with Gasteiger partial charge in [0.15, 0.2) is 0 Å². The molecule has 0 fully saturated rings. The van der Waals surface area contributed by atoms with E-state index in [1.54, 1.807) is 11.8 Å². The van der Waals surface area contributed by atoms with Gasteiger partial charge in [-0.2, -0.15) is 0 Å². The maximum Gasteiger partial charge on any atom is 0.0804 e. The third kappa shape index (κ3) is 5.77. The van der Waals surface area contributed by atoms with Gasteiger partial charge in [-0.25, -0.2) is 0 Å². The molecular weight excluding hydrogens is 404 g/mol. The fourth-order valence-corrected chi connectivity index (χ4v) is 5.41. The van der Waals surface area contributed by atoms with Crippen molar-refractivity contribution in [1.82, 2.24) is 0 Å². The van der Waals surface area contributed by atoms with Crippen LogP contribution in [0.5, 0.6) is 0 Å². The van der Waals surface area contributed by atoms with Crippen molar-refractivity contribution in [2.75, 3.05) is 23.3 Å². The summed E-state index contributed by atoms with van der Waals surface area (Å²) in [7, 11) is 0. The molecule has 158 valence electrons. The predicted octanol–water partition coefficient (Wildman–Crippen LogP) is 8.31. The monoisotopic (exact) mass is 436 g/mol. The summed E-state index contributed by atoms with van der Waals surface area (Å²) in [6.45, 7) is 13.0. The highest BCUT2D eigenvalue weighted by Gasteiger charge is 2.23. The Kier molecular flexibility index (Phi) is 8.59. The zero-order valence-electron chi connectivity index (χ0n) is 18.3. The summed E-state index contributed by atoms with van der Waals surface area (Å²) in [4.78, 5) is 6.09. The number of anilines is 2. The van der Waals surface area contributed by atoms with Gasteiger partial charge in [-0.1, -0.05) is 75.1 Å². The number of hydrogen-bond acceptors (Lipinski definition) is 4. The van der Waals surface area contributed by atoms with Gasteiger partial charge in [0.25, 0.3) is 0 Å². The lowest BCUT2D eigenvalue weighted by molar-refractivity contribution is 0.872. The van der Waals surface area contributed by atoms with Crippen LogP contribution in [0, 0.1) is 0 Å². The maximum absolute atomic E-state index is 4.34. The Morgan fingerprint density at radius 1 is 1.07 bits per heavy atom. The summed E-state index contributed by atoms with van der Waals surface area (Å²) in [6, 6.07) is 17.2. The number of benzene rings is 2. The van der Waals surface area contributed by atoms with Gasteiger partial charge >= 0.3 is 0 Å². The molecule has 0 unspecified atom stereocenters. The molecular formula is C26H32N2S2. The van der Waals surface area contributed by atoms with Crippen molar-refractivity contribution in [3.8, 4) is 0 Å². The van der Waals surface area contributed by atoms with E-state index in [1.165, 1.54) is 31.8 Å². The Morgan fingerprint density at radius 2 is 1.83 bits per heavy atom. The van der Waals surface area contributed by atoms with E-state index in [2.05, 4.69) is 98.2 Å². The lowest BCUT2D eigenvalue weighted by Crippen LogP contribution is -2.18. The molecule has 2 aromatic carbocycles. The van der Waals surface area contributed by atoms with Crippen molar-refractivity contribution in [2.24, 2.45) is 0 Å². The number of thioether (sulfide) groups is 2. The fourth-order valence-electron chi connectivity index (χ4n) is 3.36. The number of fused-ring (bicyclic) bond motifs is 1. The van der Waals surface area contributed by atoms with Gasteiger partial charge in [0.05, 0.1) is 10.7 Å². The summed E-state index contributed by atoms with van der Waals surface area (Å²) in [6.07, 6.45) is 7.80. The van der Waals surface area contributed by atoms with E-state index >= 15 is 0 Å². The van der Waals surface area contributed by atoms with Gasteiger partial charge < -0.3 is 10.2 Å². The average molecular weight is 437 g/mol. The minimum atomic E-state index is 0.982. The first-order valence-electron chi connectivity index (χ1n) is 10.8. The second-order valence-corrected chi connectivity index (χ2v) is 9.50. The minimum Gasteiger partial charge on any atom is -0.384 e. The first-order valence-corrected chi connectivity index (χ1v) is 12.5. The molecule has 1 aliphatic heterocycles. The van der Waals surface area contributed by atoms with Crippen LogP contribution in [0.1, 0.15) is 40.0 Å². The van der Waals surface area contributed by atoms with Crippen molar-refractivity contribution in [3.05, 3.63) is 82.8 Å². The molecule has 0 aliphatic carbocycles. The Hall–Kier alpha value is -2.04. The van der Waals surface area contributed by atoms with E-state index in [0.717, 1.165) is 37.3 Å². The predicted molar refractivity (Wildman–Crippen MR) is 137 cm³/mol. The zero-order valence-corrected chi connectivity index (χ0v) is 19.9. The molecule has 0 saturated heterocycles. The molecule has 30 heavy (non-hydrogen) atoms. The van der Waals surface area contributed by atoms with Crippen molar-refractivity contribution in [2.45, 2.75) is 49.8 Å². The van der Waals surface area contributed by atoms with Gasteiger partial charge in [-0.05, 0) is 61.3 Å². The highest BCUT2D eigenvalue weighted by Crippen LogP contribution is 2.46. The summed E-state index contributed by atoms with van der Waals surface area (Å²) >= 11 is 3.61. The molecule has 2 aromatic rings. The molecule has 2 nitrogen and oxygen atoms in total. The molecule has 0 aromatic heterocycles. The van der Waals surface area contributed by atoms with E-state index in [1.807, 2.05) is 11.8 Å². The molecule has 0 spiro atoms. The third-order valence-electron chi connectivity index (χ3n) is 4.84. The van der Waals surface area contributed by atoms with Crippen molar-refractivity contribution in [3.63, 3.8) is 0 Å². The van der Waals surface area contributed by atoms with Gasteiger partial charge in [0.1, 0.15) is 0 Å². The van der Waals surface area contributed by atoms with Gasteiger partial charge in [-0.3, -0.25) is 0 Å². The van der Waals surface area contributed by atoms with Crippen LogP contribution in [0.15, 0.2) is 92.6 Å². The molecule has 0 saturated carbocycles. The highest BCUT2D eigenvalue weighted by molar-refractivity contribution is 8.04. The number of nitrogens with zero attached hydrogens (tertiary/aromatic N) is 1. The second-order valence-electron chi connectivity index (χ2n) is 7.27. The molecule has 1 N–H and O–H groups in total. The van der Waals surface area contributed by atoms with E-state index in [4.69, 9.17) is 0 Å². The van der Waals surface area contributed by atoms with Crippen LogP contribution in [0.3, 0.4) is 0 Å². The highest BCUT2D eigenvalue weighted by atomic mass is 32.2. The van der Waals surface area contributed by atoms with Crippen molar-refractivity contribution >= 4 is 34.9 Å². The second kappa shape index (κ2) is 11.4. The third-order valence-corrected chi connectivity index (χ3v) is 6.91. The lowest BCUT2D eigenvalue weighted by Gasteiger charge is -2.20. The van der Waals surface area contributed by atoms with E-state index < -0.39 is 0 Å². The average Bonchev–Trinajstić information content (AvgIpc) is 3.10. The molecule has 0 bridgehead atoms. The van der Waals surface area contributed by atoms with E-state index in [0.29, 0.717) is 0 Å². The topological polar surface area (TPSA) is 15.3 Å². The molecule has 0 radical (unpaired) electrons. The minimum absolute atomic E-state index is 0.982. The lowest BCUT2D eigenvalue weighted by atomic mass is 10.2. The molecule has 1 heterocycles.